The lowest BCUT2D eigenvalue weighted by Crippen LogP contribution is -2.13. The Morgan fingerprint density at radius 3 is 2.74 bits per heavy atom. The van der Waals surface area contributed by atoms with Crippen molar-refractivity contribution in [1.29, 1.82) is 0 Å². The van der Waals surface area contributed by atoms with Crippen molar-refractivity contribution in [2.75, 3.05) is 10.7 Å². The van der Waals surface area contributed by atoms with Crippen LogP contribution in [0.3, 0.4) is 0 Å². The minimum absolute atomic E-state index is 0.613. The maximum atomic E-state index is 6.17. The zero-order chi connectivity index (χ0) is 13.8. The lowest BCUT2D eigenvalue weighted by atomic mass is 10.2. The van der Waals surface area contributed by atoms with Crippen LogP contribution in [-0.2, 0) is 6.42 Å². The molecule has 1 aromatic heterocycles. The molecular weight excluding hydrogens is 377 g/mol. The minimum atomic E-state index is 0.613. The second-order valence-electron chi connectivity index (χ2n) is 3.80. The summed E-state index contributed by atoms with van der Waals surface area (Å²) in [5.41, 5.74) is 4.30. The van der Waals surface area contributed by atoms with Crippen LogP contribution in [0.25, 0.3) is 0 Å². The van der Waals surface area contributed by atoms with Crippen LogP contribution in [-0.4, -0.2) is 9.97 Å². The average Bonchev–Trinajstić information content (AvgIpc) is 2.42. The van der Waals surface area contributed by atoms with Crippen LogP contribution in [0.15, 0.2) is 24.5 Å². The molecule has 0 atom stereocenters. The highest BCUT2D eigenvalue weighted by atomic mass is 127. The highest BCUT2D eigenvalue weighted by molar-refractivity contribution is 14.1. The first kappa shape index (κ1) is 14.3. The number of hydrazine groups is 1. The van der Waals surface area contributed by atoms with Crippen LogP contribution in [0, 0.1) is 3.57 Å². The molecule has 0 fully saturated rings. The van der Waals surface area contributed by atoms with Crippen molar-refractivity contribution >= 4 is 51.5 Å². The lowest BCUT2D eigenvalue weighted by Gasteiger charge is -2.13. The molecule has 5 nitrogen and oxygen atoms in total. The first-order valence-corrected chi connectivity index (χ1v) is 7.14. The number of halogens is 2. The largest absolute Gasteiger partial charge is 0.339 e. The van der Waals surface area contributed by atoms with E-state index in [4.69, 9.17) is 17.4 Å². The zero-order valence-electron chi connectivity index (χ0n) is 10.2. The van der Waals surface area contributed by atoms with Crippen LogP contribution in [0.2, 0.25) is 5.02 Å². The number of anilines is 3. The monoisotopic (exact) mass is 389 g/mol. The third kappa shape index (κ3) is 3.26. The van der Waals surface area contributed by atoms with Gasteiger partial charge in [-0.1, -0.05) is 18.5 Å². The highest BCUT2D eigenvalue weighted by Crippen LogP contribution is 2.29. The number of nitrogen functional groups attached to an aromatic ring is 1. The van der Waals surface area contributed by atoms with Gasteiger partial charge in [0.25, 0.3) is 0 Å². The molecule has 0 aliphatic rings. The third-order valence-corrected chi connectivity index (χ3v) is 3.62. The predicted molar refractivity (Wildman–Crippen MR) is 86.7 cm³/mol. The van der Waals surface area contributed by atoms with Crippen molar-refractivity contribution < 1.29 is 0 Å². The number of nitrogens with zero attached hydrogens (tertiary/aromatic N) is 2. The van der Waals surface area contributed by atoms with E-state index < -0.39 is 0 Å². The van der Waals surface area contributed by atoms with E-state index >= 15 is 0 Å². The molecule has 1 aromatic carbocycles. The Labute approximate surface area is 130 Å². The maximum absolute atomic E-state index is 6.17. The number of nitrogens with two attached hydrogens (primary N) is 1. The third-order valence-electron chi connectivity index (χ3n) is 2.62. The summed E-state index contributed by atoms with van der Waals surface area (Å²) in [7, 11) is 0. The zero-order valence-corrected chi connectivity index (χ0v) is 13.2. The standard InChI is InChI=1S/C12H13ClIN5/c1-2-8-11(16-6-17-12(8)19-15)18-10-5-7(14)3-4-9(10)13/h3-6H,2,15H2,1H3,(H2,16,17,18,19). The summed E-state index contributed by atoms with van der Waals surface area (Å²) in [6.45, 7) is 2.01. The molecule has 2 rings (SSSR count). The SMILES string of the molecule is CCc1c(NN)ncnc1Nc1cc(I)ccc1Cl. The van der Waals surface area contributed by atoms with Gasteiger partial charge in [0.2, 0.25) is 0 Å². The van der Waals surface area contributed by atoms with Crippen molar-refractivity contribution in [3.8, 4) is 0 Å². The molecular formula is C12H13ClIN5. The van der Waals surface area contributed by atoms with Crippen LogP contribution in [0.5, 0.6) is 0 Å². The second-order valence-corrected chi connectivity index (χ2v) is 5.45. The van der Waals surface area contributed by atoms with E-state index in [0.29, 0.717) is 16.7 Å². The van der Waals surface area contributed by atoms with E-state index in [2.05, 4.69) is 43.3 Å². The Bertz CT molecular complexity index is 590. The first-order chi connectivity index (χ1) is 9.15. The molecule has 0 bridgehead atoms. The normalized spacial score (nSPS) is 10.3. The van der Waals surface area contributed by atoms with Gasteiger partial charge in [-0.2, -0.15) is 0 Å². The van der Waals surface area contributed by atoms with Gasteiger partial charge in [0.15, 0.2) is 0 Å². The quantitative estimate of drug-likeness (QED) is 0.425. The van der Waals surface area contributed by atoms with E-state index in [1.165, 1.54) is 6.33 Å². The number of nitrogens with one attached hydrogen (secondary N) is 2. The molecule has 0 radical (unpaired) electrons. The maximum Gasteiger partial charge on any atom is 0.148 e. The molecule has 1 heterocycles. The van der Waals surface area contributed by atoms with Gasteiger partial charge in [0.1, 0.15) is 18.0 Å². The molecule has 0 unspecified atom stereocenters. The molecule has 2 aromatic rings. The Balaban J connectivity index is 2.40. The number of benzene rings is 1. The van der Waals surface area contributed by atoms with Gasteiger partial charge >= 0.3 is 0 Å². The fourth-order valence-electron chi connectivity index (χ4n) is 1.70. The molecule has 7 heteroatoms. The van der Waals surface area contributed by atoms with Gasteiger partial charge in [-0.3, -0.25) is 0 Å². The Hall–Kier alpha value is -1.12. The number of hydrogen-bond donors (Lipinski definition) is 3. The Kier molecular flexibility index (Phi) is 4.78. The molecule has 4 N–H and O–H groups in total. The van der Waals surface area contributed by atoms with Crippen molar-refractivity contribution in [1.82, 2.24) is 9.97 Å². The van der Waals surface area contributed by atoms with Crippen molar-refractivity contribution in [3.63, 3.8) is 0 Å². The van der Waals surface area contributed by atoms with E-state index in [0.717, 1.165) is 21.2 Å². The molecule has 19 heavy (non-hydrogen) atoms. The van der Waals surface area contributed by atoms with Crippen molar-refractivity contribution in [2.45, 2.75) is 13.3 Å². The van der Waals surface area contributed by atoms with Gasteiger partial charge in [0, 0.05) is 9.13 Å². The Morgan fingerprint density at radius 1 is 1.32 bits per heavy atom. The fraction of sp³-hybridized carbons (Fsp3) is 0.167. The Morgan fingerprint density at radius 2 is 2.05 bits per heavy atom. The average molecular weight is 390 g/mol. The summed E-state index contributed by atoms with van der Waals surface area (Å²) < 4.78 is 1.09. The van der Waals surface area contributed by atoms with Crippen LogP contribution in [0.1, 0.15) is 12.5 Å². The van der Waals surface area contributed by atoms with Crippen LogP contribution >= 0.6 is 34.2 Å². The van der Waals surface area contributed by atoms with E-state index in [1.807, 2.05) is 25.1 Å². The van der Waals surface area contributed by atoms with E-state index in [1.54, 1.807) is 0 Å². The molecule has 100 valence electrons. The smallest absolute Gasteiger partial charge is 0.148 e. The molecule has 0 saturated heterocycles. The number of hydrogen-bond acceptors (Lipinski definition) is 5. The first-order valence-electron chi connectivity index (χ1n) is 5.68. The summed E-state index contributed by atoms with van der Waals surface area (Å²) in [5, 5.41) is 3.87. The van der Waals surface area contributed by atoms with Gasteiger partial charge in [-0.05, 0) is 47.2 Å². The summed E-state index contributed by atoms with van der Waals surface area (Å²) in [6, 6.07) is 5.75. The van der Waals surface area contributed by atoms with Gasteiger partial charge in [-0.25, -0.2) is 15.8 Å². The molecule has 0 aliphatic carbocycles. The summed E-state index contributed by atoms with van der Waals surface area (Å²) >= 11 is 8.40. The van der Waals surface area contributed by atoms with Crippen molar-refractivity contribution in [3.05, 3.63) is 38.7 Å². The molecule has 0 saturated carbocycles. The van der Waals surface area contributed by atoms with Gasteiger partial charge in [0.05, 0.1) is 10.7 Å². The minimum Gasteiger partial charge on any atom is -0.339 e. The topological polar surface area (TPSA) is 75.9 Å². The summed E-state index contributed by atoms with van der Waals surface area (Å²) in [6.07, 6.45) is 2.21. The van der Waals surface area contributed by atoms with E-state index in [9.17, 15) is 0 Å². The van der Waals surface area contributed by atoms with Gasteiger partial charge < -0.3 is 10.7 Å². The predicted octanol–water partition coefficient (Wildman–Crippen LogP) is 3.33. The fourth-order valence-corrected chi connectivity index (χ4v) is 2.36. The molecule has 0 spiro atoms. The van der Waals surface area contributed by atoms with Crippen LogP contribution < -0.4 is 16.6 Å². The number of aromatic nitrogens is 2. The highest BCUT2D eigenvalue weighted by Gasteiger charge is 2.10. The number of rotatable bonds is 4. The molecule has 0 aliphatic heterocycles. The second kappa shape index (κ2) is 6.36. The summed E-state index contributed by atoms with van der Waals surface area (Å²) in [4.78, 5) is 8.33. The van der Waals surface area contributed by atoms with Crippen LogP contribution in [0.4, 0.5) is 17.3 Å². The van der Waals surface area contributed by atoms with Crippen molar-refractivity contribution in [2.24, 2.45) is 5.84 Å². The molecule has 0 amide bonds. The van der Waals surface area contributed by atoms with Gasteiger partial charge in [-0.15, -0.1) is 0 Å². The lowest BCUT2D eigenvalue weighted by molar-refractivity contribution is 1.04. The summed E-state index contributed by atoms with van der Waals surface area (Å²) in [5.74, 6) is 6.76. The van der Waals surface area contributed by atoms with E-state index in [-0.39, 0.29) is 0 Å².